The van der Waals surface area contributed by atoms with E-state index in [9.17, 15) is 14.7 Å². The molecular weight excluding hydrogens is 406 g/mol. The zero-order chi connectivity index (χ0) is 21.7. The summed E-state index contributed by atoms with van der Waals surface area (Å²) >= 11 is 1.53. The van der Waals surface area contributed by atoms with Crippen molar-refractivity contribution in [2.45, 2.75) is 17.5 Å². The summed E-state index contributed by atoms with van der Waals surface area (Å²) in [6, 6.07) is 7.79. The van der Waals surface area contributed by atoms with Gasteiger partial charge in [0, 0.05) is 18.1 Å². The van der Waals surface area contributed by atoms with E-state index in [0.717, 1.165) is 10.4 Å². The quantitative estimate of drug-likeness (QED) is 0.144. The molecule has 0 radical (unpaired) electrons. The number of benzene rings is 1. The van der Waals surface area contributed by atoms with E-state index in [0.29, 0.717) is 36.4 Å². The van der Waals surface area contributed by atoms with Crippen molar-refractivity contribution in [3.05, 3.63) is 52.6 Å². The Morgan fingerprint density at radius 1 is 1.37 bits per heavy atom. The SMILES string of the molecule is CSc1cc2cn(-c3ccc([C@@H](NCCCN=C(N)N)C(=O)O)cc3)c(=O)nc2[nH]1. The second kappa shape index (κ2) is 9.46. The van der Waals surface area contributed by atoms with Gasteiger partial charge < -0.3 is 26.9 Å². The predicted molar refractivity (Wildman–Crippen MR) is 117 cm³/mol. The molecule has 30 heavy (non-hydrogen) atoms. The summed E-state index contributed by atoms with van der Waals surface area (Å²) in [5.74, 6) is -0.991. The number of aromatic amines is 1. The van der Waals surface area contributed by atoms with Crippen molar-refractivity contribution in [1.82, 2.24) is 19.9 Å². The molecule has 158 valence electrons. The Bertz CT molecular complexity index is 1120. The largest absolute Gasteiger partial charge is 0.480 e. The van der Waals surface area contributed by atoms with Crippen molar-refractivity contribution in [3.63, 3.8) is 0 Å². The number of fused-ring (bicyclic) bond motifs is 1. The fourth-order valence-corrected chi connectivity index (χ4v) is 3.42. The van der Waals surface area contributed by atoms with Gasteiger partial charge in [-0.1, -0.05) is 12.1 Å². The number of nitrogens with one attached hydrogen (secondary N) is 2. The minimum absolute atomic E-state index is 0.00704. The highest BCUT2D eigenvalue weighted by atomic mass is 32.2. The van der Waals surface area contributed by atoms with Gasteiger partial charge in [0.05, 0.1) is 10.7 Å². The van der Waals surface area contributed by atoms with E-state index in [2.05, 4.69) is 20.3 Å². The number of guanidine groups is 1. The zero-order valence-electron chi connectivity index (χ0n) is 16.3. The van der Waals surface area contributed by atoms with E-state index in [1.807, 2.05) is 12.3 Å². The van der Waals surface area contributed by atoms with Crippen molar-refractivity contribution in [1.29, 1.82) is 0 Å². The lowest BCUT2D eigenvalue weighted by Crippen LogP contribution is -2.30. The fraction of sp³-hybridized carbons (Fsp3) is 0.263. The second-order valence-corrected chi connectivity index (χ2v) is 7.36. The summed E-state index contributed by atoms with van der Waals surface area (Å²) in [4.78, 5) is 35.1. The number of hydrogen-bond acceptors (Lipinski definition) is 6. The fourth-order valence-electron chi connectivity index (χ4n) is 2.97. The molecule has 0 unspecified atom stereocenters. The molecular formula is C19H23N7O3S. The molecule has 0 saturated carbocycles. The molecule has 0 aliphatic carbocycles. The Kier molecular flexibility index (Phi) is 6.75. The smallest absolute Gasteiger partial charge is 0.354 e. The van der Waals surface area contributed by atoms with E-state index in [1.54, 1.807) is 30.5 Å². The van der Waals surface area contributed by atoms with Crippen molar-refractivity contribution >= 4 is 34.7 Å². The molecule has 1 aromatic carbocycles. The summed E-state index contributed by atoms with van der Waals surface area (Å²) in [6.07, 6.45) is 4.24. The lowest BCUT2D eigenvalue weighted by molar-refractivity contribution is -0.139. The number of nitrogens with zero attached hydrogens (tertiary/aromatic N) is 3. The predicted octanol–water partition coefficient (Wildman–Crippen LogP) is 0.815. The maximum atomic E-state index is 12.4. The van der Waals surface area contributed by atoms with Gasteiger partial charge in [-0.05, 0) is 43.0 Å². The van der Waals surface area contributed by atoms with Crippen LogP contribution in [0.2, 0.25) is 0 Å². The summed E-state index contributed by atoms with van der Waals surface area (Å²) in [7, 11) is 0. The molecule has 0 spiro atoms. The molecule has 0 aliphatic rings. The molecule has 0 amide bonds. The monoisotopic (exact) mass is 429 g/mol. The van der Waals surface area contributed by atoms with Crippen molar-refractivity contribution in [2.75, 3.05) is 19.3 Å². The Hall–Kier alpha value is -3.31. The van der Waals surface area contributed by atoms with Crippen LogP contribution in [0.5, 0.6) is 0 Å². The Labute approximate surface area is 176 Å². The van der Waals surface area contributed by atoms with Crippen LogP contribution in [0.4, 0.5) is 0 Å². The van der Waals surface area contributed by atoms with E-state index >= 15 is 0 Å². The van der Waals surface area contributed by atoms with Crippen LogP contribution in [-0.4, -0.2) is 50.9 Å². The molecule has 0 aliphatic heterocycles. The number of carboxylic acids is 1. The number of aliphatic carboxylic acids is 1. The molecule has 11 heteroatoms. The maximum Gasteiger partial charge on any atom is 0.354 e. The molecule has 10 nitrogen and oxygen atoms in total. The van der Waals surface area contributed by atoms with Crippen LogP contribution < -0.4 is 22.5 Å². The summed E-state index contributed by atoms with van der Waals surface area (Å²) in [5, 5.41) is 14.3. The average molecular weight is 430 g/mol. The lowest BCUT2D eigenvalue weighted by Gasteiger charge is -2.15. The van der Waals surface area contributed by atoms with Crippen LogP contribution in [-0.2, 0) is 4.79 Å². The van der Waals surface area contributed by atoms with Crippen LogP contribution in [0.25, 0.3) is 16.7 Å². The minimum Gasteiger partial charge on any atom is -0.480 e. The Morgan fingerprint density at radius 2 is 2.10 bits per heavy atom. The first-order chi connectivity index (χ1) is 14.4. The number of aromatic nitrogens is 3. The van der Waals surface area contributed by atoms with E-state index in [-0.39, 0.29) is 5.96 Å². The number of carbonyl (C=O) groups is 1. The summed E-state index contributed by atoms with van der Waals surface area (Å²) < 4.78 is 1.43. The van der Waals surface area contributed by atoms with Gasteiger partial charge >= 0.3 is 11.7 Å². The average Bonchev–Trinajstić information content (AvgIpc) is 3.11. The van der Waals surface area contributed by atoms with Crippen LogP contribution in [0.15, 0.2) is 51.3 Å². The minimum atomic E-state index is -0.998. The molecule has 7 N–H and O–H groups in total. The zero-order valence-corrected chi connectivity index (χ0v) is 17.1. The molecule has 0 bridgehead atoms. The Balaban J connectivity index is 1.78. The van der Waals surface area contributed by atoms with Gasteiger partial charge in [0.25, 0.3) is 0 Å². The highest BCUT2D eigenvalue weighted by Gasteiger charge is 2.19. The van der Waals surface area contributed by atoms with Gasteiger partial charge in [-0.15, -0.1) is 11.8 Å². The molecule has 2 heterocycles. The third kappa shape index (κ3) is 4.99. The van der Waals surface area contributed by atoms with Crippen LogP contribution in [0.3, 0.4) is 0 Å². The summed E-state index contributed by atoms with van der Waals surface area (Å²) in [6.45, 7) is 0.844. The van der Waals surface area contributed by atoms with Crippen LogP contribution in [0.1, 0.15) is 18.0 Å². The third-order valence-corrected chi connectivity index (χ3v) is 5.09. The number of thioether (sulfide) groups is 1. The van der Waals surface area contributed by atoms with Gasteiger partial charge in [0.15, 0.2) is 5.96 Å². The first kappa shape index (κ1) is 21.4. The highest BCUT2D eigenvalue weighted by molar-refractivity contribution is 7.98. The molecule has 2 aromatic heterocycles. The molecule has 1 atom stereocenters. The normalized spacial score (nSPS) is 12.0. The van der Waals surface area contributed by atoms with E-state index in [4.69, 9.17) is 11.5 Å². The number of aliphatic imine (C=N–C) groups is 1. The van der Waals surface area contributed by atoms with Crippen LogP contribution in [0, 0.1) is 0 Å². The highest BCUT2D eigenvalue weighted by Crippen LogP contribution is 2.20. The first-order valence-electron chi connectivity index (χ1n) is 9.17. The Morgan fingerprint density at radius 3 is 2.73 bits per heavy atom. The third-order valence-electron chi connectivity index (χ3n) is 4.43. The van der Waals surface area contributed by atoms with Gasteiger partial charge in [-0.25, -0.2) is 4.79 Å². The number of hydrogen-bond donors (Lipinski definition) is 5. The molecule has 0 fully saturated rings. The molecule has 0 saturated heterocycles. The standard InChI is InChI=1S/C19H23N7O3S/c1-30-14-9-12-10-26(19(29)25-16(12)24-14)13-5-3-11(4-6-13)15(17(27)28)22-7-2-8-23-18(20)21/h3-6,9-10,15,22H,2,7-8H2,1H3,(H,27,28)(H4,20,21,23)(H,24,25,29)/t15-/m1/s1. The van der Waals surface area contributed by atoms with Crippen molar-refractivity contribution in [3.8, 4) is 5.69 Å². The van der Waals surface area contributed by atoms with E-state index < -0.39 is 17.7 Å². The van der Waals surface area contributed by atoms with Crippen molar-refractivity contribution < 1.29 is 9.90 Å². The first-order valence-corrected chi connectivity index (χ1v) is 10.4. The van der Waals surface area contributed by atoms with Crippen LogP contribution >= 0.6 is 11.8 Å². The summed E-state index contributed by atoms with van der Waals surface area (Å²) in [5.41, 5.74) is 11.8. The van der Waals surface area contributed by atoms with Gasteiger partial charge in [-0.2, -0.15) is 4.98 Å². The topological polar surface area (TPSA) is 164 Å². The second-order valence-electron chi connectivity index (χ2n) is 6.51. The number of rotatable bonds is 9. The number of carboxylic acid groups (broad SMARTS) is 1. The molecule has 3 aromatic rings. The van der Waals surface area contributed by atoms with Gasteiger partial charge in [0.2, 0.25) is 0 Å². The molecule has 3 rings (SSSR count). The van der Waals surface area contributed by atoms with Crippen molar-refractivity contribution in [2.24, 2.45) is 16.5 Å². The number of H-pyrrole nitrogens is 1. The van der Waals surface area contributed by atoms with E-state index in [1.165, 1.54) is 16.3 Å². The van der Waals surface area contributed by atoms with Gasteiger partial charge in [-0.3, -0.25) is 14.4 Å². The maximum absolute atomic E-state index is 12.4. The number of nitrogens with two attached hydrogens (primary N) is 2. The van der Waals surface area contributed by atoms with Gasteiger partial charge in [0.1, 0.15) is 11.7 Å². The lowest BCUT2D eigenvalue weighted by atomic mass is 10.1.